The molecule has 0 aromatic rings. The van der Waals surface area contributed by atoms with Gasteiger partial charge in [0.05, 0.1) is 6.10 Å². The predicted molar refractivity (Wildman–Crippen MR) is 30.5 cm³/mol. The number of rotatable bonds is 2. The van der Waals surface area contributed by atoms with Crippen molar-refractivity contribution in [2.75, 3.05) is 0 Å². The summed E-state index contributed by atoms with van der Waals surface area (Å²) in [5.74, 6) is 0. The lowest BCUT2D eigenvalue weighted by atomic mass is 10.5. The minimum atomic E-state index is 0.00231. The zero-order valence-corrected chi connectivity index (χ0v) is 5.42. The molecule has 0 radical (unpaired) electrons. The van der Waals surface area contributed by atoms with Gasteiger partial charge in [0.1, 0.15) is 0 Å². The molecule has 0 aliphatic carbocycles. The lowest BCUT2D eigenvalue weighted by molar-refractivity contribution is 0.265. The zero-order valence-electron chi connectivity index (χ0n) is 4.27. The van der Waals surface area contributed by atoms with Crippen molar-refractivity contribution in [3.63, 3.8) is 0 Å². The predicted octanol–water partition coefficient (Wildman–Crippen LogP) is 0.195. The van der Waals surface area contributed by atoms with Gasteiger partial charge in [-0.15, -0.1) is 0 Å². The fraction of sp³-hybridized carbons (Fsp3) is 0.750. The van der Waals surface area contributed by atoms with Gasteiger partial charge in [0.25, 0.3) is 0 Å². The summed E-state index contributed by atoms with van der Waals surface area (Å²) in [6, 6.07) is 0. The minimum absolute atomic E-state index is 0.00231. The molecule has 0 saturated carbocycles. The highest BCUT2D eigenvalue weighted by Gasteiger charge is 1.80. The Balaban J connectivity index is 2.81. The summed E-state index contributed by atoms with van der Waals surface area (Å²) in [4.78, 5) is 0. The van der Waals surface area contributed by atoms with E-state index >= 15 is 0 Å². The molecule has 0 aliphatic heterocycles. The van der Waals surface area contributed by atoms with Gasteiger partial charge in [0, 0.05) is 0 Å². The van der Waals surface area contributed by atoms with Crippen LogP contribution in [-0.4, -0.2) is 21.7 Å². The highest BCUT2D eigenvalue weighted by molar-refractivity contribution is 6.33. The zero-order chi connectivity index (χ0) is 4.99. The van der Waals surface area contributed by atoms with E-state index in [9.17, 15) is 0 Å². The molecule has 1 nitrogen and oxygen atoms in total. The highest BCUT2D eigenvalue weighted by Crippen LogP contribution is 1.78. The molecule has 0 unspecified atom stereocenters. The van der Waals surface area contributed by atoms with Gasteiger partial charge in [-0.25, -0.2) is 0 Å². The quantitative estimate of drug-likeness (QED) is 0.452. The van der Waals surface area contributed by atoms with Gasteiger partial charge in [-0.1, -0.05) is 6.17 Å². The molecule has 0 atom stereocenters. The van der Waals surface area contributed by atoms with Crippen molar-refractivity contribution in [1.82, 2.24) is 0 Å². The van der Waals surface area contributed by atoms with E-state index in [1.54, 1.807) is 0 Å². The Bertz CT molecular complexity index is 42.8. The summed E-state index contributed by atoms with van der Waals surface area (Å²) in [5, 5.41) is 0. The molecule has 0 saturated heterocycles. The molecular weight excluding hydrogens is 92.1 g/mol. The third-order valence-corrected chi connectivity index (χ3v) is 1.11. The number of hydrogen-bond donors (Lipinski definition) is 0. The fourth-order valence-electron chi connectivity index (χ4n) is 0.192. The average molecular weight is 102 g/mol. The summed E-state index contributed by atoms with van der Waals surface area (Å²) < 4.78 is 5.01. The molecule has 0 heterocycles. The van der Waals surface area contributed by atoms with Crippen LogP contribution in [0.5, 0.6) is 0 Å². The molecule has 0 bridgehead atoms. The van der Waals surface area contributed by atoms with Gasteiger partial charge in [-0.2, -0.15) is 0 Å². The Morgan fingerprint density at radius 3 is 2.17 bits per heavy atom. The van der Waals surface area contributed by atoms with E-state index in [1.165, 1.54) is 0 Å². The maximum Gasteiger partial charge on any atom is 0.208 e. The summed E-state index contributed by atoms with van der Waals surface area (Å²) in [5.41, 5.74) is 0. The molecular formula is C4H10OSi. The van der Waals surface area contributed by atoms with Gasteiger partial charge in [0.15, 0.2) is 0 Å². The van der Waals surface area contributed by atoms with Crippen molar-refractivity contribution in [2.24, 2.45) is 0 Å². The molecule has 2 heteroatoms. The SMILES string of the molecule is C=[SiH]OC(C)C. The molecule has 0 fully saturated rings. The Morgan fingerprint density at radius 1 is 1.67 bits per heavy atom. The summed E-state index contributed by atoms with van der Waals surface area (Å²) in [7, 11) is 0.00231. The Labute approximate surface area is 40.9 Å². The third-order valence-electron chi connectivity index (χ3n) is 0.368. The Morgan fingerprint density at radius 2 is 2.17 bits per heavy atom. The lowest BCUT2D eigenvalue weighted by Crippen LogP contribution is -1.99. The molecule has 0 aliphatic rings. The van der Waals surface area contributed by atoms with Crippen molar-refractivity contribution in [3.05, 3.63) is 0 Å². The van der Waals surface area contributed by atoms with Crippen molar-refractivity contribution >= 4 is 15.6 Å². The fourth-order valence-corrected chi connectivity index (χ4v) is 0.577. The lowest BCUT2D eigenvalue weighted by Gasteiger charge is -2.00. The van der Waals surface area contributed by atoms with Crippen molar-refractivity contribution in [1.29, 1.82) is 0 Å². The molecule has 0 spiro atoms. The molecule has 36 valence electrons. The van der Waals surface area contributed by atoms with E-state index in [2.05, 4.69) is 6.17 Å². The van der Waals surface area contributed by atoms with Crippen LogP contribution in [-0.2, 0) is 4.43 Å². The van der Waals surface area contributed by atoms with Crippen LogP contribution < -0.4 is 0 Å². The Kier molecular flexibility index (Phi) is 3.03. The third kappa shape index (κ3) is 3.89. The standard InChI is InChI=1S/C4H10OSi/c1-4(2)5-6-3/h4,6H,3H2,1-2H3. The van der Waals surface area contributed by atoms with Gasteiger partial charge < -0.3 is 4.43 Å². The van der Waals surface area contributed by atoms with Gasteiger partial charge in [-0.3, -0.25) is 0 Å². The average Bonchev–Trinajstić information content (AvgIpc) is 1.35. The number of hydrogen-bond acceptors (Lipinski definition) is 1. The first kappa shape index (κ1) is 5.89. The van der Waals surface area contributed by atoms with E-state index in [-0.39, 0.29) is 9.38 Å². The van der Waals surface area contributed by atoms with Crippen LogP contribution in [0.4, 0.5) is 0 Å². The maximum atomic E-state index is 5.01. The van der Waals surface area contributed by atoms with Crippen LogP contribution in [0.25, 0.3) is 0 Å². The van der Waals surface area contributed by atoms with E-state index < -0.39 is 0 Å². The van der Waals surface area contributed by atoms with Crippen molar-refractivity contribution in [3.8, 4) is 0 Å². The van der Waals surface area contributed by atoms with E-state index in [0.717, 1.165) is 0 Å². The second kappa shape index (κ2) is 3.09. The molecule has 0 amide bonds. The van der Waals surface area contributed by atoms with Crippen LogP contribution in [0.1, 0.15) is 13.8 Å². The Hall–Kier alpha value is -0.113. The van der Waals surface area contributed by atoms with Gasteiger partial charge in [-0.05, 0) is 13.8 Å². The van der Waals surface area contributed by atoms with Crippen molar-refractivity contribution < 1.29 is 4.43 Å². The molecule has 0 N–H and O–H groups in total. The summed E-state index contributed by atoms with van der Waals surface area (Å²) >= 11 is 0. The van der Waals surface area contributed by atoms with Crippen LogP contribution in [0.3, 0.4) is 0 Å². The molecule has 6 heavy (non-hydrogen) atoms. The van der Waals surface area contributed by atoms with Crippen LogP contribution >= 0.6 is 0 Å². The van der Waals surface area contributed by atoms with Gasteiger partial charge in [0.2, 0.25) is 9.38 Å². The minimum Gasteiger partial charge on any atom is -0.552 e. The van der Waals surface area contributed by atoms with E-state index in [4.69, 9.17) is 4.43 Å². The topological polar surface area (TPSA) is 9.23 Å². The maximum absolute atomic E-state index is 5.01. The monoisotopic (exact) mass is 102 g/mol. The first-order valence-electron chi connectivity index (χ1n) is 2.03. The van der Waals surface area contributed by atoms with Crippen LogP contribution in [0, 0.1) is 0 Å². The second-order valence-electron chi connectivity index (χ2n) is 1.35. The van der Waals surface area contributed by atoms with E-state index in [1.807, 2.05) is 13.8 Å². The first-order chi connectivity index (χ1) is 2.77. The molecule has 0 rings (SSSR count). The summed E-state index contributed by atoms with van der Waals surface area (Å²) in [6.07, 6.45) is 3.96. The van der Waals surface area contributed by atoms with Crippen molar-refractivity contribution in [2.45, 2.75) is 20.0 Å². The molecule has 0 aromatic heterocycles. The largest absolute Gasteiger partial charge is 0.552 e. The van der Waals surface area contributed by atoms with Crippen LogP contribution in [0.15, 0.2) is 0 Å². The second-order valence-corrected chi connectivity index (χ2v) is 1.96. The summed E-state index contributed by atoms with van der Waals surface area (Å²) in [6.45, 7) is 4.02. The highest BCUT2D eigenvalue weighted by atomic mass is 28.2. The normalized spacial score (nSPS) is 8.50. The van der Waals surface area contributed by atoms with E-state index in [0.29, 0.717) is 6.10 Å². The van der Waals surface area contributed by atoms with Gasteiger partial charge >= 0.3 is 0 Å². The smallest absolute Gasteiger partial charge is 0.208 e. The molecule has 0 aromatic carbocycles. The first-order valence-corrected chi connectivity index (χ1v) is 3.32. The van der Waals surface area contributed by atoms with Crippen LogP contribution in [0.2, 0.25) is 0 Å².